The Morgan fingerprint density at radius 2 is 2.24 bits per heavy atom. The predicted molar refractivity (Wildman–Crippen MR) is 81.2 cm³/mol. The number of ether oxygens (including phenoxy) is 1. The summed E-state index contributed by atoms with van der Waals surface area (Å²) in [6.45, 7) is 6.47. The van der Waals surface area contributed by atoms with Crippen LogP contribution in [-0.4, -0.2) is 74.4 Å². The Bertz CT molecular complexity index is 413. The van der Waals surface area contributed by atoms with Crippen molar-refractivity contribution in [2.24, 2.45) is 4.99 Å². The van der Waals surface area contributed by atoms with Crippen LogP contribution in [-0.2, 0) is 11.3 Å². The van der Waals surface area contributed by atoms with Crippen molar-refractivity contribution in [1.29, 1.82) is 0 Å². The van der Waals surface area contributed by atoms with Crippen LogP contribution in [0, 0.1) is 0 Å². The second-order valence-electron chi connectivity index (χ2n) is 5.07. The van der Waals surface area contributed by atoms with E-state index in [4.69, 9.17) is 9.26 Å². The van der Waals surface area contributed by atoms with Gasteiger partial charge in [0, 0.05) is 66.1 Å². The summed E-state index contributed by atoms with van der Waals surface area (Å²) in [5, 5.41) is 7.34. The molecule has 0 amide bonds. The molecule has 0 saturated carbocycles. The minimum atomic E-state index is 0.773. The van der Waals surface area contributed by atoms with E-state index in [1.54, 1.807) is 13.4 Å². The van der Waals surface area contributed by atoms with Gasteiger partial charge in [-0.2, -0.15) is 0 Å². The monoisotopic (exact) mass is 295 g/mol. The molecular formula is C14H25N5O2. The number of hydrogen-bond donors (Lipinski definition) is 1. The zero-order valence-corrected chi connectivity index (χ0v) is 12.9. The number of piperazine rings is 1. The number of aromatic nitrogens is 1. The van der Waals surface area contributed by atoms with Crippen molar-refractivity contribution in [2.45, 2.75) is 13.0 Å². The van der Waals surface area contributed by atoms with Gasteiger partial charge in [0.05, 0.1) is 5.69 Å². The molecule has 0 unspecified atom stereocenters. The number of nitrogens with zero attached hydrogens (tertiary/aromatic N) is 4. The Labute approximate surface area is 125 Å². The molecule has 0 atom stereocenters. The molecule has 0 spiro atoms. The molecule has 1 aliphatic heterocycles. The lowest BCUT2D eigenvalue weighted by atomic mass is 10.3. The summed E-state index contributed by atoms with van der Waals surface area (Å²) in [7, 11) is 3.56. The number of rotatable bonds is 6. The van der Waals surface area contributed by atoms with E-state index in [-0.39, 0.29) is 0 Å². The molecular weight excluding hydrogens is 270 g/mol. The first kappa shape index (κ1) is 15.8. The first-order chi connectivity index (χ1) is 10.3. The van der Waals surface area contributed by atoms with Gasteiger partial charge < -0.3 is 19.5 Å². The number of hydrogen-bond acceptors (Lipinski definition) is 5. The minimum absolute atomic E-state index is 0.773. The molecule has 1 saturated heterocycles. The van der Waals surface area contributed by atoms with Gasteiger partial charge in [0.15, 0.2) is 5.96 Å². The van der Waals surface area contributed by atoms with Crippen LogP contribution < -0.4 is 5.32 Å². The zero-order chi connectivity index (χ0) is 14.9. The van der Waals surface area contributed by atoms with Crippen molar-refractivity contribution >= 4 is 5.96 Å². The van der Waals surface area contributed by atoms with Gasteiger partial charge in [-0.3, -0.25) is 9.89 Å². The fourth-order valence-corrected chi connectivity index (χ4v) is 2.41. The molecule has 0 aliphatic carbocycles. The molecule has 1 N–H and O–H groups in total. The van der Waals surface area contributed by atoms with Crippen LogP contribution in [0.25, 0.3) is 0 Å². The van der Waals surface area contributed by atoms with Gasteiger partial charge in [-0.25, -0.2) is 0 Å². The zero-order valence-electron chi connectivity index (χ0n) is 12.9. The molecule has 7 heteroatoms. The molecule has 1 aromatic rings. The van der Waals surface area contributed by atoms with Crippen LogP contribution >= 0.6 is 0 Å². The van der Waals surface area contributed by atoms with E-state index >= 15 is 0 Å². The Morgan fingerprint density at radius 3 is 2.86 bits per heavy atom. The summed E-state index contributed by atoms with van der Waals surface area (Å²) >= 11 is 0. The number of methoxy groups -OCH3 is 1. The summed E-state index contributed by atoms with van der Waals surface area (Å²) in [4.78, 5) is 9.03. The van der Waals surface area contributed by atoms with Crippen LogP contribution in [0.2, 0.25) is 0 Å². The van der Waals surface area contributed by atoms with Crippen LogP contribution in [0.4, 0.5) is 0 Å². The van der Waals surface area contributed by atoms with E-state index in [0.717, 1.165) is 63.9 Å². The first-order valence-electron chi connectivity index (χ1n) is 7.39. The molecule has 1 fully saturated rings. The van der Waals surface area contributed by atoms with Crippen molar-refractivity contribution in [3.05, 3.63) is 18.0 Å². The summed E-state index contributed by atoms with van der Waals surface area (Å²) in [5.41, 5.74) is 0.991. The van der Waals surface area contributed by atoms with E-state index in [9.17, 15) is 0 Å². The Kier molecular flexibility index (Phi) is 6.49. The van der Waals surface area contributed by atoms with E-state index in [2.05, 4.69) is 25.3 Å². The van der Waals surface area contributed by atoms with Gasteiger partial charge in [0.2, 0.25) is 0 Å². The third kappa shape index (κ3) is 5.02. The smallest absolute Gasteiger partial charge is 0.193 e. The maximum absolute atomic E-state index is 5.05. The van der Waals surface area contributed by atoms with Crippen molar-refractivity contribution in [1.82, 2.24) is 20.3 Å². The summed E-state index contributed by atoms with van der Waals surface area (Å²) in [6, 6.07) is 1.92. The van der Waals surface area contributed by atoms with Crippen LogP contribution in [0.15, 0.2) is 21.8 Å². The van der Waals surface area contributed by atoms with Gasteiger partial charge in [0.25, 0.3) is 0 Å². The van der Waals surface area contributed by atoms with Gasteiger partial charge >= 0.3 is 0 Å². The van der Waals surface area contributed by atoms with Crippen molar-refractivity contribution in [2.75, 3.05) is 53.5 Å². The van der Waals surface area contributed by atoms with Gasteiger partial charge in [0.1, 0.15) is 6.26 Å². The summed E-state index contributed by atoms with van der Waals surface area (Å²) in [6.07, 6.45) is 2.61. The predicted octanol–water partition coefficient (Wildman–Crippen LogP) is 0.404. The second kappa shape index (κ2) is 8.63. The third-order valence-electron chi connectivity index (χ3n) is 3.57. The van der Waals surface area contributed by atoms with E-state index in [1.807, 2.05) is 13.1 Å². The molecule has 2 heterocycles. The average molecular weight is 295 g/mol. The second-order valence-corrected chi connectivity index (χ2v) is 5.07. The van der Waals surface area contributed by atoms with Gasteiger partial charge in [-0.05, 0) is 6.42 Å². The normalized spacial score (nSPS) is 17.2. The number of guanidine groups is 1. The maximum atomic E-state index is 5.05. The standard InChI is InChI=1S/C14H25N5O2/c1-15-14(16-5-3-10-20-2)19-8-6-18(7-9-19)12-13-4-11-21-17-13/h4,11H,3,5-10,12H2,1-2H3,(H,15,16). The highest BCUT2D eigenvalue weighted by molar-refractivity contribution is 5.79. The molecule has 1 aromatic heterocycles. The van der Waals surface area contributed by atoms with Crippen molar-refractivity contribution in [3.63, 3.8) is 0 Å². The van der Waals surface area contributed by atoms with Gasteiger partial charge in [-0.1, -0.05) is 5.16 Å². The quantitative estimate of drug-likeness (QED) is 0.466. The lowest BCUT2D eigenvalue weighted by molar-refractivity contribution is 0.168. The van der Waals surface area contributed by atoms with E-state index in [1.165, 1.54) is 0 Å². The highest BCUT2D eigenvalue weighted by atomic mass is 16.5. The van der Waals surface area contributed by atoms with Crippen molar-refractivity contribution < 1.29 is 9.26 Å². The Balaban J connectivity index is 1.71. The molecule has 118 valence electrons. The average Bonchev–Trinajstić information content (AvgIpc) is 3.02. The maximum Gasteiger partial charge on any atom is 0.193 e. The SMILES string of the molecule is CN=C(NCCCOC)N1CCN(Cc2ccon2)CC1. The summed E-state index contributed by atoms with van der Waals surface area (Å²) < 4.78 is 9.92. The van der Waals surface area contributed by atoms with Crippen LogP contribution in [0.5, 0.6) is 0 Å². The summed E-state index contributed by atoms with van der Waals surface area (Å²) in [5.74, 6) is 0.979. The molecule has 1 aliphatic rings. The Hall–Kier alpha value is -1.60. The first-order valence-corrected chi connectivity index (χ1v) is 7.39. The molecule has 21 heavy (non-hydrogen) atoms. The lowest BCUT2D eigenvalue weighted by Crippen LogP contribution is -2.52. The largest absolute Gasteiger partial charge is 0.385 e. The van der Waals surface area contributed by atoms with Crippen LogP contribution in [0.3, 0.4) is 0 Å². The molecule has 0 radical (unpaired) electrons. The van der Waals surface area contributed by atoms with Crippen molar-refractivity contribution in [3.8, 4) is 0 Å². The fourth-order valence-electron chi connectivity index (χ4n) is 2.41. The Morgan fingerprint density at radius 1 is 1.43 bits per heavy atom. The topological polar surface area (TPSA) is 66.1 Å². The third-order valence-corrected chi connectivity index (χ3v) is 3.57. The van der Waals surface area contributed by atoms with E-state index in [0.29, 0.717) is 0 Å². The number of aliphatic imine (C=N–C) groups is 1. The molecule has 0 aromatic carbocycles. The highest BCUT2D eigenvalue weighted by Gasteiger charge is 2.19. The lowest BCUT2D eigenvalue weighted by Gasteiger charge is -2.36. The van der Waals surface area contributed by atoms with E-state index < -0.39 is 0 Å². The molecule has 2 rings (SSSR count). The van der Waals surface area contributed by atoms with Gasteiger partial charge in [-0.15, -0.1) is 0 Å². The van der Waals surface area contributed by atoms with Crippen LogP contribution in [0.1, 0.15) is 12.1 Å². The highest BCUT2D eigenvalue weighted by Crippen LogP contribution is 2.07. The molecule has 0 bridgehead atoms. The number of nitrogens with one attached hydrogen (secondary N) is 1. The fraction of sp³-hybridized carbons (Fsp3) is 0.714. The molecule has 7 nitrogen and oxygen atoms in total. The minimum Gasteiger partial charge on any atom is -0.385 e.